The quantitative estimate of drug-likeness (QED) is 0.763. The van der Waals surface area contributed by atoms with Crippen LogP contribution >= 0.6 is 0 Å². The van der Waals surface area contributed by atoms with Gasteiger partial charge in [0.25, 0.3) is 0 Å². The number of aryl methyl sites for hydroxylation is 3. The molecule has 1 aromatic carbocycles. The molecule has 0 aliphatic carbocycles. The van der Waals surface area contributed by atoms with Gasteiger partial charge in [-0.15, -0.1) is 0 Å². The van der Waals surface area contributed by atoms with E-state index in [1.807, 2.05) is 24.6 Å². The van der Waals surface area contributed by atoms with Crippen molar-refractivity contribution >= 4 is 0 Å². The van der Waals surface area contributed by atoms with Crippen LogP contribution in [0.15, 0.2) is 30.6 Å². The average Bonchev–Trinajstić information content (AvgIpc) is 2.99. The Morgan fingerprint density at radius 3 is 2.58 bits per heavy atom. The van der Waals surface area contributed by atoms with Gasteiger partial charge in [-0.1, -0.05) is 6.07 Å². The monoisotopic (exact) mass is 253 g/mol. The molecule has 0 unspecified atom stereocenters. The minimum Gasteiger partial charge on any atom is -0.259 e. The maximum atomic E-state index is 4.55. The molecule has 1 N–H and O–H groups in total. The van der Waals surface area contributed by atoms with E-state index in [-0.39, 0.29) is 0 Å². The molecule has 3 rings (SSSR count). The first-order valence-corrected chi connectivity index (χ1v) is 6.15. The first kappa shape index (κ1) is 11.6. The lowest BCUT2D eigenvalue weighted by Gasteiger charge is -2.10. The van der Waals surface area contributed by atoms with E-state index in [2.05, 4.69) is 45.4 Å². The highest BCUT2D eigenvalue weighted by Crippen LogP contribution is 2.25. The van der Waals surface area contributed by atoms with Crippen LogP contribution < -0.4 is 0 Å². The SMILES string of the molecule is Cc1ccc(-c2ncn[nH]2)c(-n2nc(C)cc2C)c1. The fourth-order valence-corrected chi connectivity index (χ4v) is 2.23. The maximum Gasteiger partial charge on any atom is 0.157 e. The molecule has 0 aliphatic rings. The van der Waals surface area contributed by atoms with Crippen molar-refractivity contribution in [3.05, 3.63) is 47.5 Å². The standard InChI is InChI=1S/C14H15N5/c1-9-4-5-12(14-15-8-16-17-14)13(6-9)19-11(3)7-10(2)18-19/h4-8H,1-3H3,(H,15,16,17). The van der Waals surface area contributed by atoms with E-state index in [9.17, 15) is 0 Å². The first-order valence-electron chi connectivity index (χ1n) is 6.15. The van der Waals surface area contributed by atoms with Gasteiger partial charge in [0.15, 0.2) is 5.82 Å². The van der Waals surface area contributed by atoms with Crippen LogP contribution in [0.4, 0.5) is 0 Å². The van der Waals surface area contributed by atoms with E-state index < -0.39 is 0 Å². The molecule has 96 valence electrons. The molecule has 0 fully saturated rings. The molecule has 5 nitrogen and oxygen atoms in total. The highest BCUT2D eigenvalue weighted by atomic mass is 15.3. The minimum atomic E-state index is 0.752. The molecule has 0 bridgehead atoms. The minimum absolute atomic E-state index is 0.752. The first-order chi connectivity index (χ1) is 9.15. The fraction of sp³-hybridized carbons (Fsp3) is 0.214. The van der Waals surface area contributed by atoms with Gasteiger partial charge in [-0.3, -0.25) is 5.10 Å². The van der Waals surface area contributed by atoms with E-state index in [4.69, 9.17) is 0 Å². The topological polar surface area (TPSA) is 59.4 Å². The van der Waals surface area contributed by atoms with Gasteiger partial charge in [0.1, 0.15) is 6.33 Å². The predicted octanol–water partition coefficient (Wildman–Crippen LogP) is 2.58. The zero-order chi connectivity index (χ0) is 13.4. The Balaban J connectivity index is 2.25. The summed E-state index contributed by atoms with van der Waals surface area (Å²) in [7, 11) is 0. The summed E-state index contributed by atoms with van der Waals surface area (Å²) in [6, 6.07) is 8.28. The van der Waals surface area contributed by atoms with Crippen LogP contribution in [-0.4, -0.2) is 25.0 Å². The lowest BCUT2D eigenvalue weighted by atomic mass is 10.1. The normalized spacial score (nSPS) is 10.9. The van der Waals surface area contributed by atoms with Gasteiger partial charge < -0.3 is 0 Å². The molecular weight excluding hydrogens is 238 g/mol. The molecule has 19 heavy (non-hydrogen) atoms. The van der Waals surface area contributed by atoms with Gasteiger partial charge >= 0.3 is 0 Å². The number of rotatable bonds is 2. The van der Waals surface area contributed by atoms with E-state index in [0.29, 0.717) is 0 Å². The number of nitrogens with zero attached hydrogens (tertiary/aromatic N) is 4. The third kappa shape index (κ3) is 2.03. The summed E-state index contributed by atoms with van der Waals surface area (Å²) in [5.74, 6) is 0.752. The van der Waals surface area contributed by atoms with Crippen molar-refractivity contribution in [1.82, 2.24) is 25.0 Å². The van der Waals surface area contributed by atoms with E-state index in [0.717, 1.165) is 28.5 Å². The average molecular weight is 253 g/mol. The van der Waals surface area contributed by atoms with Gasteiger partial charge in [-0.25, -0.2) is 9.67 Å². The number of H-pyrrole nitrogens is 1. The van der Waals surface area contributed by atoms with Crippen molar-refractivity contribution in [3.63, 3.8) is 0 Å². The molecule has 0 atom stereocenters. The van der Waals surface area contributed by atoms with Gasteiger partial charge in [-0.05, 0) is 44.5 Å². The molecule has 3 aromatic rings. The number of nitrogens with one attached hydrogen (secondary N) is 1. The highest BCUT2D eigenvalue weighted by molar-refractivity contribution is 5.68. The predicted molar refractivity (Wildman–Crippen MR) is 73.2 cm³/mol. The van der Waals surface area contributed by atoms with E-state index in [1.54, 1.807) is 0 Å². The Morgan fingerprint density at radius 1 is 1.11 bits per heavy atom. The van der Waals surface area contributed by atoms with Crippen molar-refractivity contribution in [2.24, 2.45) is 0 Å². The Hall–Kier alpha value is -2.43. The van der Waals surface area contributed by atoms with Crippen LogP contribution in [0.3, 0.4) is 0 Å². The van der Waals surface area contributed by atoms with Crippen LogP contribution in [0.2, 0.25) is 0 Å². The van der Waals surface area contributed by atoms with Crippen LogP contribution in [0.5, 0.6) is 0 Å². The summed E-state index contributed by atoms with van der Waals surface area (Å²) in [6.07, 6.45) is 1.51. The van der Waals surface area contributed by atoms with Crippen LogP contribution in [0, 0.1) is 20.8 Å². The fourth-order valence-electron chi connectivity index (χ4n) is 2.23. The molecule has 2 aromatic heterocycles. The zero-order valence-electron chi connectivity index (χ0n) is 11.2. The Kier molecular flexibility index (Phi) is 2.67. The summed E-state index contributed by atoms with van der Waals surface area (Å²) in [6.45, 7) is 6.11. The number of aromatic amines is 1. The lowest BCUT2D eigenvalue weighted by molar-refractivity contribution is 0.833. The molecule has 0 saturated carbocycles. The van der Waals surface area contributed by atoms with Crippen molar-refractivity contribution in [2.45, 2.75) is 20.8 Å². The van der Waals surface area contributed by atoms with E-state index >= 15 is 0 Å². The molecule has 0 amide bonds. The smallest absolute Gasteiger partial charge is 0.157 e. The molecule has 0 aliphatic heterocycles. The third-order valence-electron chi connectivity index (χ3n) is 3.06. The number of benzene rings is 1. The van der Waals surface area contributed by atoms with Crippen LogP contribution in [-0.2, 0) is 0 Å². The van der Waals surface area contributed by atoms with Gasteiger partial charge in [-0.2, -0.15) is 10.2 Å². The van der Waals surface area contributed by atoms with Crippen LogP contribution in [0.1, 0.15) is 17.0 Å². The highest BCUT2D eigenvalue weighted by Gasteiger charge is 2.12. The second kappa shape index (κ2) is 4.35. The molecule has 2 heterocycles. The summed E-state index contributed by atoms with van der Waals surface area (Å²) >= 11 is 0. The maximum absolute atomic E-state index is 4.55. The molecule has 0 spiro atoms. The van der Waals surface area contributed by atoms with Crippen molar-refractivity contribution in [1.29, 1.82) is 0 Å². The Morgan fingerprint density at radius 2 is 1.95 bits per heavy atom. The number of hydrogen-bond donors (Lipinski definition) is 1. The summed E-state index contributed by atoms with van der Waals surface area (Å²) in [4.78, 5) is 4.23. The molecular formula is C14H15N5. The van der Waals surface area contributed by atoms with Gasteiger partial charge in [0.05, 0.1) is 11.4 Å². The second-order valence-corrected chi connectivity index (χ2v) is 4.69. The number of hydrogen-bond acceptors (Lipinski definition) is 3. The van der Waals surface area contributed by atoms with Gasteiger partial charge in [0, 0.05) is 11.3 Å². The lowest BCUT2D eigenvalue weighted by Crippen LogP contribution is -2.02. The summed E-state index contributed by atoms with van der Waals surface area (Å²) < 4.78 is 1.94. The van der Waals surface area contributed by atoms with Gasteiger partial charge in [0.2, 0.25) is 0 Å². The molecule has 0 saturated heterocycles. The molecule has 0 radical (unpaired) electrons. The third-order valence-corrected chi connectivity index (χ3v) is 3.06. The summed E-state index contributed by atoms with van der Waals surface area (Å²) in [5, 5.41) is 11.4. The zero-order valence-corrected chi connectivity index (χ0v) is 11.2. The Bertz CT molecular complexity index is 710. The van der Waals surface area contributed by atoms with Crippen molar-refractivity contribution < 1.29 is 0 Å². The second-order valence-electron chi connectivity index (χ2n) is 4.69. The molecule has 5 heteroatoms. The van der Waals surface area contributed by atoms with Crippen LogP contribution in [0.25, 0.3) is 17.1 Å². The largest absolute Gasteiger partial charge is 0.259 e. The van der Waals surface area contributed by atoms with Crippen molar-refractivity contribution in [3.8, 4) is 17.1 Å². The summed E-state index contributed by atoms with van der Waals surface area (Å²) in [5.41, 5.74) is 5.30. The number of aromatic nitrogens is 5. The van der Waals surface area contributed by atoms with E-state index in [1.165, 1.54) is 11.9 Å². The Labute approximate surface area is 111 Å². The van der Waals surface area contributed by atoms with Crippen molar-refractivity contribution in [2.75, 3.05) is 0 Å².